The van der Waals surface area contributed by atoms with E-state index < -0.39 is 16.5 Å². The lowest BCUT2D eigenvalue weighted by Gasteiger charge is -2.47. The summed E-state index contributed by atoms with van der Waals surface area (Å²) in [5.74, 6) is 0. The molecule has 0 atom stereocenters. The lowest BCUT2D eigenvalue weighted by Crippen LogP contribution is -2.54. The second-order valence-electron chi connectivity index (χ2n) is 11.8. The van der Waals surface area contributed by atoms with E-state index in [9.17, 15) is 0 Å². The van der Waals surface area contributed by atoms with E-state index in [1.54, 1.807) is 0 Å². The Labute approximate surface area is 201 Å². The number of fused-ring (bicyclic) bond motifs is 1. The average Bonchev–Trinajstić information content (AvgIpc) is 2.68. The lowest BCUT2D eigenvalue weighted by atomic mass is 10.1. The van der Waals surface area contributed by atoms with Crippen molar-refractivity contribution in [1.82, 2.24) is 0 Å². The summed E-state index contributed by atoms with van der Waals surface area (Å²) < 4.78 is 0. The molecule has 0 unspecified atom stereocenters. The van der Waals surface area contributed by atoms with Crippen LogP contribution in [0.3, 0.4) is 0 Å². The van der Waals surface area contributed by atoms with Gasteiger partial charge in [-0.1, -0.05) is 113 Å². The smallest absolute Gasteiger partial charge is 0.161 e. The first kappa shape index (κ1) is 27.0. The summed E-state index contributed by atoms with van der Waals surface area (Å²) in [6.07, 6.45) is 0. The first-order valence-electron chi connectivity index (χ1n) is 12.9. The molecule has 180 valence electrons. The molecule has 0 radical (unpaired) electrons. The standard InChI is InChI=1S/C28H50N2Si2/c1-19(2)31(20(3)4,21(5)6)29-27-18-17-25-15-13-14-16-26(25)28(27)30-32(22(7)8,23(9)10)24(11)12/h13-24,29-30H,1-12H3. The van der Waals surface area contributed by atoms with Crippen LogP contribution in [0.5, 0.6) is 0 Å². The van der Waals surface area contributed by atoms with Crippen molar-refractivity contribution in [1.29, 1.82) is 0 Å². The second kappa shape index (κ2) is 10.3. The van der Waals surface area contributed by atoms with Crippen molar-refractivity contribution in [3.8, 4) is 0 Å². The molecule has 0 amide bonds. The molecule has 0 heterocycles. The molecule has 2 rings (SSSR count). The summed E-state index contributed by atoms with van der Waals surface area (Å²) >= 11 is 0. The predicted molar refractivity (Wildman–Crippen MR) is 153 cm³/mol. The highest BCUT2D eigenvalue weighted by atomic mass is 28.3. The molecule has 0 saturated carbocycles. The third-order valence-corrected chi connectivity index (χ3v) is 21.2. The van der Waals surface area contributed by atoms with Gasteiger partial charge < -0.3 is 9.96 Å². The fourth-order valence-electron chi connectivity index (χ4n) is 6.83. The molecule has 2 N–H and O–H groups in total. The molecule has 0 aliphatic rings. The lowest BCUT2D eigenvalue weighted by molar-refractivity contribution is 0.819. The van der Waals surface area contributed by atoms with E-state index in [2.05, 4.69) is 129 Å². The summed E-state index contributed by atoms with van der Waals surface area (Å²) in [5, 5.41) is 2.68. The maximum atomic E-state index is 4.34. The topological polar surface area (TPSA) is 24.1 Å². The zero-order chi connectivity index (χ0) is 24.4. The van der Waals surface area contributed by atoms with Gasteiger partial charge in [0.25, 0.3) is 0 Å². The van der Waals surface area contributed by atoms with Crippen LogP contribution >= 0.6 is 0 Å². The Morgan fingerprint density at radius 2 is 0.906 bits per heavy atom. The third-order valence-electron chi connectivity index (χ3n) is 8.35. The number of nitrogens with one attached hydrogen (secondary N) is 2. The molecule has 32 heavy (non-hydrogen) atoms. The molecule has 2 aromatic rings. The second-order valence-corrected chi connectivity index (χ2v) is 22.9. The van der Waals surface area contributed by atoms with Crippen molar-refractivity contribution in [3.05, 3.63) is 36.4 Å². The van der Waals surface area contributed by atoms with E-state index in [1.165, 1.54) is 22.1 Å². The van der Waals surface area contributed by atoms with E-state index in [-0.39, 0.29) is 0 Å². The van der Waals surface area contributed by atoms with Gasteiger partial charge in [0.1, 0.15) is 0 Å². The normalized spacial score (nSPS) is 13.4. The van der Waals surface area contributed by atoms with Crippen molar-refractivity contribution < 1.29 is 0 Å². The first-order chi connectivity index (χ1) is 14.8. The molecule has 0 aromatic heterocycles. The number of hydrogen-bond acceptors (Lipinski definition) is 2. The average molecular weight is 471 g/mol. The maximum absolute atomic E-state index is 4.34. The molecular formula is C28H50N2Si2. The fourth-order valence-corrected chi connectivity index (χ4v) is 17.9. The Morgan fingerprint density at radius 1 is 0.500 bits per heavy atom. The van der Waals surface area contributed by atoms with Gasteiger partial charge in [-0.05, 0) is 44.7 Å². The van der Waals surface area contributed by atoms with Crippen LogP contribution in [0.1, 0.15) is 83.1 Å². The molecule has 4 heteroatoms. The minimum Gasteiger partial charge on any atom is -0.408 e. The molecule has 0 fully saturated rings. The number of benzene rings is 2. The van der Waals surface area contributed by atoms with Crippen LogP contribution in [0.4, 0.5) is 11.4 Å². The molecular weight excluding hydrogens is 420 g/mol. The Hall–Kier alpha value is -1.27. The van der Waals surface area contributed by atoms with Gasteiger partial charge in [-0.15, -0.1) is 0 Å². The van der Waals surface area contributed by atoms with Crippen LogP contribution in [0.15, 0.2) is 36.4 Å². The molecule has 2 aromatic carbocycles. The summed E-state index contributed by atoms with van der Waals surface area (Å²) in [5.41, 5.74) is 6.59. The van der Waals surface area contributed by atoms with Crippen molar-refractivity contribution in [3.63, 3.8) is 0 Å². The summed E-state index contributed by atoms with van der Waals surface area (Å²) in [6, 6.07) is 13.6. The Balaban J connectivity index is 2.81. The van der Waals surface area contributed by atoms with Gasteiger partial charge >= 0.3 is 0 Å². The van der Waals surface area contributed by atoms with Crippen LogP contribution in [0, 0.1) is 0 Å². The summed E-state index contributed by atoms with van der Waals surface area (Å²) in [4.78, 5) is 8.63. The maximum Gasteiger partial charge on any atom is 0.161 e. The van der Waals surface area contributed by atoms with Gasteiger partial charge in [0.2, 0.25) is 0 Å². The zero-order valence-electron chi connectivity index (χ0n) is 22.9. The van der Waals surface area contributed by atoms with E-state index in [4.69, 9.17) is 0 Å². The van der Waals surface area contributed by atoms with E-state index >= 15 is 0 Å². The first-order valence-corrected chi connectivity index (χ1v) is 17.4. The van der Waals surface area contributed by atoms with Crippen LogP contribution in [-0.2, 0) is 0 Å². The Kier molecular flexibility index (Phi) is 8.72. The van der Waals surface area contributed by atoms with Gasteiger partial charge in [0.05, 0.1) is 5.69 Å². The molecule has 0 saturated heterocycles. The molecule has 0 aliphatic heterocycles. The van der Waals surface area contributed by atoms with Crippen LogP contribution in [-0.4, -0.2) is 16.5 Å². The summed E-state index contributed by atoms with van der Waals surface area (Å²) in [6.45, 7) is 29.2. The highest BCUT2D eigenvalue weighted by Crippen LogP contribution is 2.47. The van der Waals surface area contributed by atoms with Gasteiger partial charge in [-0.3, -0.25) is 0 Å². The van der Waals surface area contributed by atoms with E-state index in [0.29, 0.717) is 33.2 Å². The third kappa shape index (κ3) is 4.68. The van der Waals surface area contributed by atoms with Gasteiger partial charge in [-0.25, -0.2) is 0 Å². The van der Waals surface area contributed by atoms with Crippen LogP contribution in [0.2, 0.25) is 33.2 Å². The Morgan fingerprint density at radius 3 is 1.34 bits per heavy atom. The number of hydrogen-bond donors (Lipinski definition) is 2. The van der Waals surface area contributed by atoms with Gasteiger partial charge in [0, 0.05) is 11.1 Å². The predicted octanol–water partition coefficient (Wildman–Crippen LogP) is 10.0. The Bertz CT molecular complexity index is 841. The zero-order valence-corrected chi connectivity index (χ0v) is 24.9. The van der Waals surface area contributed by atoms with E-state index in [1.807, 2.05) is 0 Å². The minimum atomic E-state index is -1.85. The van der Waals surface area contributed by atoms with Crippen LogP contribution < -0.4 is 9.96 Å². The van der Waals surface area contributed by atoms with Crippen LogP contribution in [0.25, 0.3) is 10.8 Å². The van der Waals surface area contributed by atoms with Crippen molar-refractivity contribution in [2.45, 2.75) is 116 Å². The molecule has 2 nitrogen and oxygen atoms in total. The minimum absolute atomic E-state index is 0.650. The highest BCUT2D eigenvalue weighted by Gasteiger charge is 2.46. The SMILES string of the molecule is CC(C)[Si](Nc1ccc2ccccc2c1N[Si](C(C)C)(C(C)C)C(C)C)(C(C)C)C(C)C. The summed E-state index contributed by atoms with van der Waals surface area (Å²) in [7, 11) is -3.67. The van der Waals surface area contributed by atoms with Gasteiger partial charge in [0.15, 0.2) is 16.5 Å². The monoisotopic (exact) mass is 470 g/mol. The molecule has 0 spiro atoms. The van der Waals surface area contributed by atoms with Gasteiger partial charge in [-0.2, -0.15) is 0 Å². The van der Waals surface area contributed by atoms with E-state index in [0.717, 1.165) is 0 Å². The molecule has 0 aliphatic carbocycles. The fraction of sp³-hybridized carbons (Fsp3) is 0.643. The van der Waals surface area contributed by atoms with Crippen molar-refractivity contribution >= 4 is 38.6 Å². The molecule has 0 bridgehead atoms. The quantitative estimate of drug-likeness (QED) is 0.337. The number of anilines is 2. The number of rotatable bonds is 10. The van der Waals surface area contributed by atoms with Crippen molar-refractivity contribution in [2.75, 3.05) is 9.96 Å². The van der Waals surface area contributed by atoms with Crippen molar-refractivity contribution in [2.24, 2.45) is 0 Å². The largest absolute Gasteiger partial charge is 0.408 e. The highest BCUT2D eigenvalue weighted by molar-refractivity contribution is 6.87.